The highest BCUT2D eigenvalue weighted by atomic mass is 16.5. The zero-order valence-electron chi connectivity index (χ0n) is 20.0. The Morgan fingerprint density at radius 1 is 1.09 bits per heavy atom. The Labute approximate surface area is 200 Å². The van der Waals surface area contributed by atoms with Crippen molar-refractivity contribution in [2.75, 3.05) is 46.5 Å². The molecule has 0 spiro atoms. The van der Waals surface area contributed by atoms with Gasteiger partial charge in [0, 0.05) is 31.7 Å². The zero-order valence-corrected chi connectivity index (χ0v) is 20.0. The summed E-state index contributed by atoms with van der Waals surface area (Å²) in [4.78, 5) is 30.2. The highest BCUT2D eigenvalue weighted by Crippen LogP contribution is 2.39. The van der Waals surface area contributed by atoms with Crippen molar-refractivity contribution in [3.8, 4) is 5.75 Å². The molecule has 0 saturated carbocycles. The third kappa shape index (κ3) is 4.72. The topological polar surface area (TPSA) is 79.3 Å². The standard InChI is InChI=1S/C27H32N2O5/c1-4-19-5-7-20(8-6-19)24-23(25(30)21-9-10-22(33-3)18(2)17-21)26(31)27(32)29(24)12-11-28-13-15-34-16-14-28/h5-10,17,24,30H,4,11-16H2,1-3H3/t24-/m0/s1. The van der Waals surface area contributed by atoms with E-state index in [1.807, 2.05) is 31.2 Å². The summed E-state index contributed by atoms with van der Waals surface area (Å²) in [6.07, 6.45) is 0.891. The van der Waals surface area contributed by atoms with Crippen LogP contribution in [0.15, 0.2) is 48.0 Å². The monoisotopic (exact) mass is 464 g/mol. The van der Waals surface area contributed by atoms with Crippen LogP contribution in [0.3, 0.4) is 0 Å². The third-order valence-corrected chi connectivity index (χ3v) is 6.67. The number of nitrogens with zero attached hydrogens (tertiary/aromatic N) is 2. The Bertz CT molecular complexity index is 1090. The molecule has 2 aliphatic heterocycles. The molecule has 34 heavy (non-hydrogen) atoms. The minimum absolute atomic E-state index is 0.126. The molecular weight excluding hydrogens is 432 g/mol. The van der Waals surface area contributed by atoms with Gasteiger partial charge < -0.3 is 19.5 Å². The Morgan fingerprint density at radius 3 is 2.41 bits per heavy atom. The van der Waals surface area contributed by atoms with Gasteiger partial charge in [-0.25, -0.2) is 0 Å². The Kier molecular flexibility index (Phi) is 7.34. The Hall–Kier alpha value is -3.16. The number of ketones is 1. The molecular formula is C27H32N2O5. The summed E-state index contributed by atoms with van der Waals surface area (Å²) in [5.74, 6) is -0.709. The molecule has 0 radical (unpaired) electrons. The molecule has 2 saturated heterocycles. The lowest BCUT2D eigenvalue weighted by Crippen LogP contribution is -2.42. The third-order valence-electron chi connectivity index (χ3n) is 6.67. The fourth-order valence-electron chi connectivity index (χ4n) is 4.65. The van der Waals surface area contributed by atoms with Crippen molar-refractivity contribution in [2.24, 2.45) is 0 Å². The number of morpholine rings is 1. The van der Waals surface area contributed by atoms with Crippen molar-refractivity contribution < 1.29 is 24.2 Å². The Balaban J connectivity index is 1.74. The average Bonchev–Trinajstić information content (AvgIpc) is 3.12. The molecule has 7 heteroatoms. The van der Waals surface area contributed by atoms with Crippen LogP contribution in [-0.2, 0) is 20.7 Å². The number of benzene rings is 2. The molecule has 2 aromatic carbocycles. The molecule has 7 nitrogen and oxygen atoms in total. The van der Waals surface area contributed by atoms with Crippen LogP contribution in [0.1, 0.15) is 35.2 Å². The first kappa shape index (κ1) is 24.0. The molecule has 2 fully saturated rings. The number of hydrogen-bond donors (Lipinski definition) is 1. The smallest absolute Gasteiger partial charge is 0.295 e. The number of ether oxygens (including phenoxy) is 2. The highest BCUT2D eigenvalue weighted by Gasteiger charge is 2.46. The maximum absolute atomic E-state index is 13.2. The van der Waals surface area contributed by atoms with E-state index in [4.69, 9.17) is 9.47 Å². The number of methoxy groups -OCH3 is 1. The second-order valence-corrected chi connectivity index (χ2v) is 8.73. The molecule has 0 aromatic heterocycles. The van der Waals surface area contributed by atoms with Crippen molar-refractivity contribution in [1.29, 1.82) is 0 Å². The molecule has 2 heterocycles. The predicted molar refractivity (Wildman–Crippen MR) is 130 cm³/mol. The van der Waals surface area contributed by atoms with Gasteiger partial charge in [0.15, 0.2) is 0 Å². The van der Waals surface area contributed by atoms with Crippen LogP contribution in [0.5, 0.6) is 5.75 Å². The van der Waals surface area contributed by atoms with E-state index in [0.717, 1.165) is 30.6 Å². The first-order valence-corrected chi connectivity index (χ1v) is 11.8. The second kappa shape index (κ2) is 10.4. The van der Waals surface area contributed by atoms with Crippen LogP contribution in [0.25, 0.3) is 5.76 Å². The molecule has 1 N–H and O–H groups in total. The van der Waals surface area contributed by atoms with E-state index < -0.39 is 17.7 Å². The summed E-state index contributed by atoms with van der Waals surface area (Å²) in [6.45, 7) is 7.91. The summed E-state index contributed by atoms with van der Waals surface area (Å²) in [7, 11) is 1.59. The molecule has 2 aromatic rings. The van der Waals surface area contributed by atoms with Gasteiger partial charge in [-0.3, -0.25) is 14.5 Å². The minimum atomic E-state index is -0.655. The highest BCUT2D eigenvalue weighted by molar-refractivity contribution is 6.46. The fraction of sp³-hybridized carbons (Fsp3) is 0.407. The van der Waals surface area contributed by atoms with Gasteiger partial charge in [-0.2, -0.15) is 0 Å². The van der Waals surface area contributed by atoms with Gasteiger partial charge in [-0.15, -0.1) is 0 Å². The average molecular weight is 465 g/mol. The van der Waals surface area contributed by atoms with Crippen LogP contribution in [0.2, 0.25) is 0 Å². The molecule has 4 rings (SSSR count). The van der Waals surface area contributed by atoms with Crippen LogP contribution in [-0.4, -0.2) is 73.1 Å². The predicted octanol–water partition coefficient (Wildman–Crippen LogP) is 3.32. The van der Waals surface area contributed by atoms with Gasteiger partial charge in [0.2, 0.25) is 0 Å². The number of likely N-dealkylation sites (tertiary alicyclic amines) is 1. The van der Waals surface area contributed by atoms with E-state index in [1.165, 1.54) is 5.56 Å². The number of aryl methyl sites for hydroxylation is 2. The van der Waals surface area contributed by atoms with E-state index in [-0.39, 0.29) is 11.3 Å². The van der Waals surface area contributed by atoms with Crippen LogP contribution < -0.4 is 4.74 Å². The Morgan fingerprint density at radius 2 is 1.79 bits per heavy atom. The molecule has 0 bridgehead atoms. The number of carbonyl (C=O) groups is 2. The SMILES string of the molecule is CCc1ccc([C@H]2C(=C(O)c3ccc(OC)c(C)c3)C(=O)C(=O)N2CCN2CCOCC2)cc1. The normalized spacial score (nSPS) is 20.7. The lowest BCUT2D eigenvalue weighted by atomic mass is 9.94. The molecule has 0 unspecified atom stereocenters. The van der Waals surface area contributed by atoms with Gasteiger partial charge in [-0.1, -0.05) is 31.2 Å². The van der Waals surface area contributed by atoms with Crippen molar-refractivity contribution in [3.63, 3.8) is 0 Å². The first-order valence-electron chi connectivity index (χ1n) is 11.8. The molecule has 0 aliphatic carbocycles. The first-order chi connectivity index (χ1) is 16.4. The summed E-state index contributed by atoms with van der Waals surface area (Å²) in [5.41, 5.74) is 3.42. The number of aliphatic hydroxyl groups is 1. The lowest BCUT2D eigenvalue weighted by Gasteiger charge is -2.31. The molecule has 1 atom stereocenters. The minimum Gasteiger partial charge on any atom is -0.507 e. The molecule has 1 amide bonds. The van der Waals surface area contributed by atoms with Gasteiger partial charge in [0.1, 0.15) is 11.5 Å². The number of amides is 1. The lowest BCUT2D eigenvalue weighted by molar-refractivity contribution is -0.140. The summed E-state index contributed by atoms with van der Waals surface area (Å²) in [5, 5.41) is 11.3. The molecule has 180 valence electrons. The number of carbonyl (C=O) groups excluding carboxylic acids is 2. The van der Waals surface area contributed by atoms with Crippen molar-refractivity contribution in [3.05, 3.63) is 70.3 Å². The second-order valence-electron chi connectivity index (χ2n) is 8.73. The fourth-order valence-corrected chi connectivity index (χ4v) is 4.65. The van der Waals surface area contributed by atoms with Crippen LogP contribution in [0, 0.1) is 6.92 Å². The summed E-state index contributed by atoms with van der Waals surface area (Å²) < 4.78 is 10.7. The zero-order chi connectivity index (χ0) is 24.2. The van der Waals surface area contributed by atoms with Gasteiger partial charge in [0.25, 0.3) is 11.7 Å². The largest absolute Gasteiger partial charge is 0.507 e. The van der Waals surface area contributed by atoms with E-state index in [0.29, 0.717) is 37.6 Å². The van der Waals surface area contributed by atoms with E-state index >= 15 is 0 Å². The van der Waals surface area contributed by atoms with Crippen LogP contribution >= 0.6 is 0 Å². The number of aliphatic hydroxyl groups excluding tert-OH is 1. The number of hydrogen-bond acceptors (Lipinski definition) is 6. The van der Waals surface area contributed by atoms with Gasteiger partial charge in [-0.05, 0) is 48.2 Å². The van der Waals surface area contributed by atoms with Gasteiger partial charge in [0.05, 0.1) is 31.9 Å². The van der Waals surface area contributed by atoms with E-state index in [2.05, 4.69) is 11.8 Å². The molecule has 2 aliphatic rings. The number of rotatable bonds is 7. The quantitative estimate of drug-likeness (QED) is 0.385. The van der Waals surface area contributed by atoms with Crippen molar-refractivity contribution >= 4 is 17.4 Å². The number of Topliss-reactive ketones (excluding diaryl/α,β-unsaturated/α-hetero) is 1. The van der Waals surface area contributed by atoms with Crippen molar-refractivity contribution in [1.82, 2.24) is 9.80 Å². The van der Waals surface area contributed by atoms with Gasteiger partial charge >= 0.3 is 0 Å². The summed E-state index contributed by atoms with van der Waals surface area (Å²) >= 11 is 0. The van der Waals surface area contributed by atoms with E-state index in [9.17, 15) is 14.7 Å². The maximum Gasteiger partial charge on any atom is 0.295 e. The van der Waals surface area contributed by atoms with E-state index in [1.54, 1.807) is 30.2 Å². The summed E-state index contributed by atoms with van der Waals surface area (Å²) in [6, 6.07) is 12.5. The van der Waals surface area contributed by atoms with Crippen LogP contribution in [0.4, 0.5) is 0 Å². The van der Waals surface area contributed by atoms with Crippen molar-refractivity contribution in [2.45, 2.75) is 26.3 Å². The maximum atomic E-state index is 13.2.